The third-order valence-electron chi connectivity index (χ3n) is 3.64. The Hall–Kier alpha value is -2.80. The van der Waals surface area contributed by atoms with Crippen LogP contribution in [0.2, 0.25) is 5.02 Å². The summed E-state index contributed by atoms with van der Waals surface area (Å²) in [4.78, 5) is 12.3. The van der Waals surface area contributed by atoms with Gasteiger partial charge >= 0.3 is 0 Å². The molecule has 1 heterocycles. The lowest BCUT2D eigenvalue weighted by atomic mass is 10.2. The Morgan fingerprint density at radius 2 is 1.92 bits per heavy atom. The zero-order valence-electron chi connectivity index (χ0n) is 13.1. The largest absolute Gasteiger partial charge is 0.346 e. The molecule has 0 aliphatic carbocycles. The molecule has 0 spiro atoms. The Bertz CT molecular complexity index is 925. The average molecular weight is 363 g/mol. The van der Waals surface area contributed by atoms with Crippen molar-refractivity contribution < 1.29 is 13.6 Å². The summed E-state index contributed by atoms with van der Waals surface area (Å²) in [6.07, 6.45) is 0. The molecule has 1 amide bonds. The summed E-state index contributed by atoms with van der Waals surface area (Å²) < 4.78 is 28.0. The van der Waals surface area contributed by atoms with Gasteiger partial charge in [-0.1, -0.05) is 22.9 Å². The number of benzene rings is 2. The third-order valence-corrected chi connectivity index (χ3v) is 3.89. The number of nitrogens with one attached hydrogen (secondary N) is 1. The van der Waals surface area contributed by atoms with Crippen LogP contribution in [0.1, 0.15) is 21.7 Å². The SMILES string of the molecule is Cc1c(C(=O)NCc2ccc(F)cc2F)nnn1-c1ccc(Cl)cc1. The van der Waals surface area contributed by atoms with Crippen molar-refractivity contribution in [2.45, 2.75) is 13.5 Å². The molecule has 5 nitrogen and oxygen atoms in total. The average Bonchev–Trinajstić information content (AvgIpc) is 2.96. The monoisotopic (exact) mass is 362 g/mol. The molecule has 0 radical (unpaired) electrons. The number of hydrogen-bond donors (Lipinski definition) is 1. The zero-order valence-corrected chi connectivity index (χ0v) is 13.9. The van der Waals surface area contributed by atoms with Crippen LogP contribution in [0.15, 0.2) is 42.5 Å². The maximum atomic E-state index is 13.6. The van der Waals surface area contributed by atoms with Gasteiger partial charge in [-0.05, 0) is 37.3 Å². The second kappa shape index (κ2) is 6.98. The summed E-state index contributed by atoms with van der Waals surface area (Å²) >= 11 is 5.85. The lowest BCUT2D eigenvalue weighted by molar-refractivity contribution is 0.0945. The number of amides is 1. The normalized spacial score (nSPS) is 10.7. The Morgan fingerprint density at radius 1 is 1.20 bits per heavy atom. The van der Waals surface area contributed by atoms with E-state index in [0.29, 0.717) is 16.4 Å². The Balaban J connectivity index is 1.75. The summed E-state index contributed by atoms with van der Waals surface area (Å²) in [5.41, 5.74) is 1.53. The van der Waals surface area contributed by atoms with Crippen LogP contribution in [0.25, 0.3) is 5.69 Å². The van der Waals surface area contributed by atoms with Crippen molar-refractivity contribution >= 4 is 17.5 Å². The molecule has 0 saturated heterocycles. The van der Waals surface area contributed by atoms with E-state index >= 15 is 0 Å². The van der Waals surface area contributed by atoms with Crippen LogP contribution in [0.4, 0.5) is 8.78 Å². The number of hydrogen-bond acceptors (Lipinski definition) is 3. The zero-order chi connectivity index (χ0) is 18.0. The molecule has 1 N–H and O–H groups in total. The Kier molecular flexibility index (Phi) is 4.76. The van der Waals surface area contributed by atoms with Gasteiger partial charge < -0.3 is 5.32 Å². The molecule has 2 aromatic carbocycles. The summed E-state index contributed by atoms with van der Waals surface area (Å²) in [7, 11) is 0. The maximum absolute atomic E-state index is 13.6. The summed E-state index contributed by atoms with van der Waals surface area (Å²) in [6, 6.07) is 10.1. The first kappa shape index (κ1) is 17.0. The number of aromatic nitrogens is 3. The summed E-state index contributed by atoms with van der Waals surface area (Å²) in [6.45, 7) is 1.61. The van der Waals surface area contributed by atoms with Crippen LogP contribution in [0.3, 0.4) is 0 Å². The Labute approximate surface area is 147 Å². The van der Waals surface area contributed by atoms with E-state index in [4.69, 9.17) is 11.6 Å². The van der Waals surface area contributed by atoms with Crippen LogP contribution in [0, 0.1) is 18.6 Å². The topological polar surface area (TPSA) is 59.8 Å². The fourth-order valence-corrected chi connectivity index (χ4v) is 2.42. The first-order chi connectivity index (χ1) is 12.0. The third kappa shape index (κ3) is 3.66. The highest BCUT2D eigenvalue weighted by Crippen LogP contribution is 2.16. The molecule has 8 heteroatoms. The minimum atomic E-state index is -0.721. The van der Waals surface area contributed by atoms with Crippen molar-refractivity contribution in [3.05, 3.63) is 76.1 Å². The van der Waals surface area contributed by atoms with Gasteiger partial charge in [0.25, 0.3) is 5.91 Å². The lowest BCUT2D eigenvalue weighted by Gasteiger charge is -2.06. The van der Waals surface area contributed by atoms with Crippen LogP contribution in [0.5, 0.6) is 0 Å². The molecular weight excluding hydrogens is 350 g/mol. The van der Waals surface area contributed by atoms with Gasteiger partial charge in [0.1, 0.15) is 11.6 Å². The predicted molar refractivity (Wildman–Crippen MR) is 88.6 cm³/mol. The second-order valence-corrected chi connectivity index (χ2v) is 5.77. The smallest absolute Gasteiger partial charge is 0.274 e. The van der Waals surface area contributed by atoms with E-state index in [1.54, 1.807) is 31.2 Å². The summed E-state index contributed by atoms with van der Waals surface area (Å²) in [5.74, 6) is -1.89. The first-order valence-electron chi connectivity index (χ1n) is 7.36. The highest BCUT2D eigenvalue weighted by molar-refractivity contribution is 6.30. The van der Waals surface area contributed by atoms with Crippen LogP contribution in [-0.4, -0.2) is 20.9 Å². The number of carbonyl (C=O) groups excluding carboxylic acids is 1. The Morgan fingerprint density at radius 3 is 2.60 bits per heavy atom. The fourth-order valence-electron chi connectivity index (χ4n) is 2.29. The van der Waals surface area contributed by atoms with Gasteiger partial charge in [-0.15, -0.1) is 5.10 Å². The van der Waals surface area contributed by atoms with Gasteiger partial charge in [-0.25, -0.2) is 13.5 Å². The van der Waals surface area contributed by atoms with Gasteiger partial charge in [0.2, 0.25) is 0 Å². The van der Waals surface area contributed by atoms with Crippen molar-refractivity contribution in [3.63, 3.8) is 0 Å². The second-order valence-electron chi connectivity index (χ2n) is 5.33. The molecule has 1 aromatic heterocycles. The van der Waals surface area contributed by atoms with E-state index in [0.717, 1.165) is 12.1 Å². The molecule has 0 aliphatic heterocycles. The predicted octanol–water partition coefficient (Wildman–Crippen LogP) is 3.44. The quantitative estimate of drug-likeness (QED) is 0.773. The number of halogens is 3. The highest BCUT2D eigenvalue weighted by atomic mass is 35.5. The van der Waals surface area contributed by atoms with E-state index in [9.17, 15) is 13.6 Å². The molecule has 0 bridgehead atoms. The van der Waals surface area contributed by atoms with Crippen LogP contribution in [-0.2, 0) is 6.54 Å². The summed E-state index contributed by atoms with van der Waals surface area (Å²) in [5, 5.41) is 11.0. The van der Waals surface area contributed by atoms with Crippen LogP contribution >= 0.6 is 11.6 Å². The number of rotatable bonds is 4. The number of nitrogens with zero attached hydrogens (tertiary/aromatic N) is 3. The van der Waals surface area contributed by atoms with E-state index in [-0.39, 0.29) is 17.8 Å². The van der Waals surface area contributed by atoms with Gasteiger partial charge in [0.05, 0.1) is 11.4 Å². The van der Waals surface area contributed by atoms with Crippen LogP contribution < -0.4 is 5.32 Å². The van der Waals surface area contributed by atoms with E-state index in [2.05, 4.69) is 15.6 Å². The van der Waals surface area contributed by atoms with E-state index in [1.165, 1.54) is 10.7 Å². The van der Waals surface area contributed by atoms with E-state index < -0.39 is 17.5 Å². The molecule has 0 aliphatic rings. The molecule has 128 valence electrons. The molecule has 0 unspecified atom stereocenters. The molecule has 3 aromatic rings. The van der Waals surface area contributed by atoms with Crippen molar-refractivity contribution in [2.75, 3.05) is 0 Å². The lowest BCUT2D eigenvalue weighted by Crippen LogP contribution is -2.24. The molecular formula is C17H13ClF2N4O. The molecule has 0 fully saturated rings. The van der Waals surface area contributed by atoms with Crippen molar-refractivity contribution in [1.29, 1.82) is 0 Å². The maximum Gasteiger partial charge on any atom is 0.274 e. The highest BCUT2D eigenvalue weighted by Gasteiger charge is 2.17. The number of carbonyl (C=O) groups is 1. The van der Waals surface area contributed by atoms with Gasteiger partial charge in [0.15, 0.2) is 5.69 Å². The van der Waals surface area contributed by atoms with Crippen molar-refractivity contribution in [2.24, 2.45) is 0 Å². The van der Waals surface area contributed by atoms with Crippen molar-refractivity contribution in [1.82, 2.24) is 20.3 Å². The molecule has 3 rings (SSSR count). The van der Waals surface area contributed by atoms with E-state index in [1.807, 2.05) is 0 Å². The van der Waals surface area contributed by atoms with Gasteiger partial charge in [-0.3, -0.25) is 4.79 Å². The van der Waals surface area contributed by atoms with Gasteiger partial charge in [0, 0.05) is 23.2 Å². The first-order valence-corrected chi connectivity index (χ1v) is 7.74. The van der Waals surface area contributed by atoms with Gasteiger partial charge in [-0.2, -0.15) is 0 Å². The molecule has 0 saturated carbocycles. The minimum absolute atomic E-state index is 0.0851. The standard InChI is InChI=1S/C17H13ClF2N4O/c1-10-16(22-23-24(10)14-6-3-12(18)4-7-14)17(25)21-9-11-2-5-13(19)8-15(11)20/h2-8H,9H2,1H3,(H,21,25). The molecule has 25 heavy (non-hydrogen) atoms. The molecule has 0 atom stereocenters. The van der Waals surface area contributed by atoms with Crippen molar-refractivity contribution in [3.8, 4) is 5.69 Å². The minimum Gasteiger partial charge on any atom is -0.346 e. The fraction of sp³-hybridized carbons (Fsp3) is 0.118.